The van der Waals surface area contributed by atoms with Gasteiger partial charge in [-0.05, 0) is 73.0 Å². The lowest BCUT2D eigenvalue weighted by Gasteiger charge is -2.31. The minimum Gasteiger partial charge on any atom is -0.497 e. The molecule has 0 bridgehead atoms. The highest BCUT2D eigenvalue weighted by Crippen LogP contribution is 2.30. The van der Waals surface area contributed by atoms with E-state index in [9.17, 15) is 9.18 Å². The Hall–Kier alpha value is -3.44. The highest BCUT2D eigenvalue weighted by molar-refractivity contribution is 7.99. The molecule has 0 aliphatic carbocycles. The molecule has 3 rings (SSSR count). The van der Waals surface area contributed by atoms with Crippen molar-refractivity contribution in [3.63, 3.8) is 0 Å². The Morgan fingerprint density at radius 2 is 1.89 bits per heavy atom. The molecular weight excluding hydrogens is 495 g/mol. The summed E-state index contributed by atoms with van der Waals surface area (Å²) in [5, 5.41) is 3.46. The molecule has 3 N–H and O–H groups in total. The van der Waals surface area contributed by atoms with Crippen molar-refractivity contribution in [3.05, 3.63) is 54.3 Å². The van der Waals surface area contributed by atoms with E-state index in [1.165, 1.54) is 23.9 Å². The molecule has 198 valence electrons. The zero-order chi connectivity index (χ0) is 26.8. The average molecular weight is 529 g/mol. The first-order chi connectivity index (χ1) is 17.8. The Bertz CT molecular complexity index is 1170. The first kappa shape index (κ1) is 28.1. The number of nitrogens with zero attached hydrogens (tertiary/aromatic N) is 4. The standard InChI is InChI=1S/C26H33FN6O3S/c1-17(2)15-22(23(28)34)33(13-6-14-35-3)25-30-24(29-19-8-5-7-18(27)16-19)31-26(32-25)37-21-11-9-20(36-4)10-12-21/h5,7-12,16-17,22H,6,13-15H2,1-4H3,(H2,28,34)(H,29,30,31,32)/t22-/m0/s1. The van der Waals surface area contributed by atoms with Crippen molar-refractivity contribution < 1.29 is 18.7 Å². The van der Waals surface area contributed by atoms with Crippen LogP contribution < -0.4 is 20.7 Å². The van der Waals surface area contributed by atoms with Crippen LogP contribution in [0.4, 0.5) is 22.0 Å². The Morgan fingerprint density at radius 1 is 1.14 bits per heavy atom. The summed E-state index contributed by atoms with van der Waals surface area (Å²) in [5.41, 5.74) is 6.32. The van der Waals surface area contributed by atoms with Gasteiger partial charge in [-0.25, -0.2) is 4.39 Å². The van der Waals surface area contributed by atoms with Crippen molar-refractivity contribution in [2.75, 3.05) is 37.6 Å². The second-order valence-electron chi connectivity index (χ2n) is 8.74. The number of primary amides is 1. The number of nitrogens with two attached hydrogens (primary N) is 1. The lowest BCUT2D eigenvalue weighted by molar-refractivity contribution is -0.119. The molecule has 1 atom stereocenters. The second kappa shape index (κ2) is 13.8. The van der Waals surface area contributed by atoms with E-state index >= 15 is 0 Å². The van der Waals surface area contributed by atoms with Gasteiger partial charge < -0.3 is 25.4 Å². The van der Waals surface area contributed by atoms with Crippen LogP contribution in [0.1, 0.15) is 26.7 Å². The van der Waals surface area contributed by atoms with Gasteiger partial charge in [0.15, 0.2) is 5.16 Å². The van der Waals surface area contributed by atoms with Crippen molar-refractivity contribution in [1.29, 1.82) is 0 Å². The predicted octanol–water partition coefficient (Wildman–Crippen LogP) is 4.66. The minimum atomic E-state index is -0.625. The third kappa shape index (κ3) is 8.57. The maximum atomic E-state index is 13.8. The third-order valence-electron chi connectivity index (χ3n) is 5.36. The summed E-state index contributed by atoms with van der Waals surface area (Å²) >= 11 is 1.33. The van der Waals surface area contributed by atoms with E-state index in [-0.39, 0.29) is 17.7 Å². The predicted molar refractivity (Wildman–Crippen MR) is 143 cm³/mol. The van der Waals surface area contributed by atoms with E-state index in [1.807, 2.05) is 38.1 Å². The van der Waals surface area contributed by atoms with Crippen molar-refractivity contribution in [1.82, 2.24) is 15.0 Å². The molecule has 3 aromatic rings. The fraction of sp³-hybridized carbons (Fsp3) is 0.385. The van der Waals surface area contributed by atoms with Crippen LogP contribution in [0.15, 0.2) is 58.6 Å². The second-order valence-corrected chi connectivity index (χ2v) is 9.78. The summed E-state index contributed by atoms with van der Waals surface area (Å²) in [4.78, 5) is 29.1. The summed E-state index contributed by atoms with van der Waals surface area (Å²) in [6.45, 7) is 5.00. The number of aromatic nitrogens is 3. The number of carbonyl (C=O) groups is 1. The monoisotopic (exact) mass is 528 g/mol. The van der Waals surface area contributed by atoms with Gasteiger partial charge >= 0.3 is 0 Å². The summed E-state index contributed by atoms with van der Waals surface area (Å²) in [6.07, 6.45) is 1.17. The van der Waals surface area contributed by atoms with Crippen LogP contribution in [-0.2, 0) is 9.53 Å². The molecule has 0 fully saturated rings. The molecule has 11 heteroatoms. The Morgan fingerprint density at radius 3 is 2.51 bits per heavy atom. The molecule has 0 spiro atoms. The maximum absolute atomic E-state index is 13.8. The smallest absolute Gasteiger partial charge is 0.240 e. The quantitative estimate of drug-likeness (QED) is 0.288. The summed E-state index contributed by atoms with van der Waals surface area (Å²) in [6, 6.07) is 12.9. The highest BCUT2D eigenvalue weighted by atomic mass is 32.2. The van der Waals surface area contributed by atoms with E-state index in [0.717, 1.165) is 10.6 Å². The van der Waals surface area contributed by atoms with E-state index < -0.39 is 11.9 Å². The third-order valence-corrected chi connectivity index (χ3v) is 6.23. The van der Waals surface area contributed by atoms with Crippen molar-refractivity contribution in [2.24, 2.45) is 11.7 Å². The number of nitrogens with one attached hydrogen (secondary N) is 1. The Labute approximate surface area is 221 Å². The first-order valence-corrected chi connectivity index (χ1v) is 12.8. The van der Waals surface area contributed by atoms with Crippen LogP contribution in [0.3, 0.4) is 0 Å². The van der Waals surface area contributed by atoms with Gasteiger partial charge in [0, 0.05) is 30.8 Å². The van der Waals surface area contributed by atoms with E-state index in [1.54, 1.807) is 31.3 Å². The Balaban J connectivity index is 2.04. The lowest BCUT2D eigenvalue weighted by atomic mass is 10.0. The van der Waals surface area contributed by atoms with Gasteiger partial charge in [0.05, 0.1) is 7.11 Å². The number of hydrogen-bond donors (Lipinski definition) is 2. The van der Waals surface area contributed by atoms with Crippen LogP contribution in [0.5, 0.6) is 5.75 Å². The molecule has 0 unspecified atom stereocenters. The molecule has 37 heavy (non-hydrogen) atoms. The molecule has 0 saturated carbocycles. The average Bonchev–Trinajstić information content (AvgIpc) is 2.85. The van der Waals surface area contributed by atoms with Crippen LogP contribution in [-0.4, -0.2) is 54.3 Å². The summed E-state index contributed by atoms with van der Waals surface area (Å²) in [7, 11) is 3.23. The van der Waals surface area contributed by atoms with Gasteiger partial charge in [0.2, 0.25) is 17.8 Å². The molecule has 9 nitrogen and oxygen atoms in total. The van der Waals surface area contributed by atoms with Gasteiger partial charge in [0.25, 0.3) is 0 Å². The van der Waals surface area contributed by atoms with Crippen molar-refractivity contribution in [2.45, 2.75) is 42.8 Å². The van der Waals surface area contributed by atoms with Crippen molar-refractivity contribution >= 4 is 35.3 Å². The summed E-state index contributed by atoms with van der Waals surface area (Å²) < 4.78 is 24.3. The number of carbonyl (C=O) groups excluding carboxylic acids is 1. The lowest BCUT2D eigenvalue weighted by Crippen LogP contribution is -2.47. The normalized spacial score (nSPS) is 11.8. The van der Waals surface area contributed by atoms with Gasteiger partial charge in [-0.2, -0.15) is 15.0 Å². The number of methoxy groups -OCH3 is 2. The fourth-order valence-corrected chi connectivity index (χ4v) is 4.38. The Kier molecular flexibility index (Phi) is 10.5. The zero-order valence-electron chi connectivity index (χ0n) is 21.5. The molecule has 1 heterocycles. The first-order valence-electron chi connectivity index (χ1n) is 11.9. The van der Waals surface area contributed by atoms with Gasteiger partial charge in [-0.3, -0.25) is 4.79 Å². The molecule has 0 aliphatic heterocycles. The number of rotatable bonds is 14. The minimum absolute atomic E-state index is 0.210. The topological polar surface area (TPSA) is 115 Å². The van der Waals surface area contributed by atoms with Crippen LogP contribution in [0, 0.1) is 11.7 Å². The molecule has 2 aromatic carbocycles. The molecular formula is C26H33FN6O3S. The van der Waals surface area contributed by atoms with E-state index in [0.29, 0.717) is 42.8 Å². The molecule has 0 aliphatic rings. The van der Waals surface area contributed by atoms with E-state index in [2.05, 4.69) is 15.3 Å². The highest BCUT2D eigenvalue weighted by Gasteiger charge is 2.28. The summed E-state index contributed by atoms with van der Waals surface area (Å²) in [5.74, 6) is 0.606. The number of anilines is 3. The molecule has 1 aromatic heterocycles. The SMILES string of the molecule is COCCCN(c1nc(Nc2cccc(F)c2)nc(Sc2ccc(OC)cc2)n1)[C@@H](CC(C)C)C(N)=O. The number of hydrogen-bond acceptors (Lipinski definition) is 9. The van der Waals surface area contributed by atoms with Crippen LogP contribution in [0.2, 0.25) is 0 Å². The largest absolute Gasteiger partial charge is 0.497 e. The van der Waals surface area contributed by atoms with Crippen LogP contribution >= 0.6 is 11.8 Å². The molecule has 0 saturated heterocycles. The molecule has 0 radical (unpaired) electrons. The molecule has 1 amide bonds. The fourth-order valence-electron chi connectivity index (χ4n) is 3.64. The van der Waals surface area contributed by atoms with Gasteiger partial charge in [0.1, 0.15) is 17.6 Å². The van der Waals surface area contributed by atoms with Gasteiger partial charge in [-0.1, -0.05) is 19.9 Å². The van der Waals surface area contributed by atoms with Gasteiger partial charge in [-0.15, -0.1) is 0 Å². The number of halogens is 1. The maximum Gasteiger partial charge on any atom is 0.240 e. The van der Waals surface area contributed by atoms with E-state index in [4.69, 9.17) is 20.2 Å². The number of amides is 1. The zero-order valence-corrected chi connectivity index (χ0v) is 22.3. The van der Waals surface area contributed by atoms with Crippen molar-refractivity contribution in [3.8, 4) is 5.75 Å². The number of benzene rings is 2. The van der Waals surface area contributed by atoms with Crippen LogP contribution in [0.25, 0.3) is 0 Å². The number of ether oxygens (including phenoxy) is 2.